The Hall–Kier alpha value is -2.61. The van der Waals surface area contributed by atoms with Crippen LogP contribution in [0.2, 0.25) is 0 Å². The van der Waals surface area contributed by atoms with E-state index in [0.29, 0.717) is 0 Å². The molecule has 6 N–H and O–H groups in total. The minimum Gasteiger partial charge on any atom is -0.387 e. The molecule has 156 valence electrons. The van der Waals surface area contributed by atoms with Crippen LogP contribution in [0.25, 0.3) is 11.2 Å². The van der Waals surface area contributed by atoms with Crippen molar-refractivity contribution in [2.45, 2.75) is 31.5 Å². The van der Waals surface area contributed by atoms with Crippen molar-refractivity contribution in [3.8, 4) is 0 Å². The summed E-state index contributed by atoms with van der Waals surface area (Å²) in [6.07, 6.45) is -1.38. The molecule has 0 spiro atoms. The maximum atomic E-state index is 12.4. The lowest BCUT2D eigenvalue weighted by atomic mass is 10.1. The monoisotopic (exact) mass is 427 g/mol. The zero-order chi connectivity index (χ0) is 20.9. The van der Waals surface area contributed by atoms with Gasteiger partial charge in [0.2, 0.25) is 5.95 Å². The van der Waals surface area contributed by atoms with Crippen LogP contribution in [0, 0.1) is 6.92 Å². The molecule has 5 atom stereocenters. The summed E-state index contributed by atoms with van der Waals surface area (Å²) in [6, 6.07) is 0. The number of H-pyrrole nitrogens is 1. The molecule has 1 unspecified atom stereocenters. The van der Waals surface area contributed by atoms with Gasteiger partial charge in [-0.05, 0) is 6.92 Å². The van der Waals surface area contributed by atoms with Crippen LogP contribution in [-0.4, -0.2) is 68.9 Å². The van der Waals surface area contributed by atoms with E-state index in [0.717, 1.165) is 4.34 Å². The molecule has 1 saturated heterocycles. The summed E-state index contributed by atoms with van der Waals surface area (Å²) < 4.78 is 25.3. The van der Waals surface area contributed by atoms with Crippen molar-refractivity contribution in [2.24, 2.45) is 0 Å². The Morgan fingerprint density at radius 1 is 1.38 bits per heavy atom. The van der Waals surface area contributed by atoms with Gasteiger partial charge in [0.15, 0.2) is 17.4 Å². The number of aromatic amines is 1. The molecule has 0 aliphatic carbocycles. The second-order valence-corrected chi connectivity index (χ2v) is 8.10. The third kappa shape index (κ3) is 3.35. The Morgan fingerprint density at radius 3 is 2.83 bits per heavy atom. The number of nitrogens with zero attached hydrogens (tertiary/aromatic N) is 5. The normalized spacial score (nSPS) is 26.8. The van der Waals surface area contributed by atoms with Crippen LogP contribution < -0.4 is 11.3 Å². The Morgan fingerprint density at radius 2 is 2.14 bits per heavy atom. The van der Waals surface area contributed by atoms with Crippen molar-refractivity contribution in [3.63, 3.8) is 0 Å². The minimum atomic E-state index is -4.28. The summed E-state index contributed by atoms with van der Waals surface area (Å²) in [5.74, 6) is 0.106. The summed E-state index contributed by atoms with van der Waals surface area (Å²) in [4.78, 5) is 36.0. The first-order valence-corrected chi connectivity index (χ1v) is 9.94. The number of aryl methyl sites for hydroxylation is 1. The van der Waals surface area contributed by atoms with Gasteiger partial charge in [-0.3, -0.25) is 18.9 Å². The zero-order valence-electron chi connectivity index (χ0n) is 15.0. The molecule has 0 radical (unpaired) electrons. The highest BCUT2D eigenvalue weighted by molar-refractivity contribution is 7.51. The number of hydrogen-bond acceptors (Lipinski definition) is 10. The molecule has 0 saturated carbocycles. The number of rotatable bonds is 5. The predicted octanol–water partition coefficient (Wildman–Crippen LogP) is -1.51. The number of ether oxygens (including phenoxy) is 1. The van der Waals surface area contributed by atoms with Crippen LogP contribution in [0.3, 0.4) is 0 Å². The number of imidazole rings is 2. The maximum absolute atomic E-state index is 12.4. The zero-order valence-corrected chi connectivity index (χ0v) is 15.9. The molecule has 4 heterocycles. The third-order valence-electron chi connectivity index (χ3n) is 4.54. The Bertz CT molecular complexity index is 1160. The second kappa shape index (κ2) is 7.02. The van der Waals surface area contributed by atoms with Crippen molar-refractivity contribution < 1.29 is 28.9 Å². The van der Waals surface area contributed by atoms with Crippen molar-refractivity contribution in [1.29, 1.82) is 0 Å². The summed E-state index contributed by atoms with van der Waals surface area (Å²) in [7, 11) is -4.28. The number of aliphatic hydroxyl groups excluding tert-OH is 2. The van der Waals surface area contributed by atoms with Gasteiger partial charge in [0, 0.05) is 12.4 Å². The maximum Gasteiger partial charge on any atom is 0.437 e. The molecule has 1 fully saturated rings. The van der Waals surface area contributed by atoms with Gasteiger partial charge in [-0.2, -0.15) is 4.98 Å². The first-order valence-electron chi connectivity index (χ1n) is 8.41. The van der Waals surface area contributed by atoms with Gasteiger partial charge in [-0.25, -0.2) is 18.9 Å². The molecule has 3 aromatic heterocycles. The first-order chi connectivity index (χ1) is 13.7. The average molecular weight is 427 g/mol. The Kier molecular flexibility index (Phi) is 4.77. The fraction of sp³-hybridized carbons (Fsp3) is 0.429. The van der Waals surface area contributed by atoms with Crippen LogP contribution >= 0.6 is 7.75 Å². The quantitative estimate of drug-likeness (QED) is 0.296. The van der Waals surface area contributed by atoms with E-state index in [-0.39, 0.29) is 22.9 Å². The van der Waals surface area contributed by atoms with Crippen LogP contribution in [0.5, 0.6) is 0 Å². The van der Waals surface area contributed by atoms with Crippen molar-refractivity contribution in [1.82, 2.24) is 28.8 Å². The molecule has 14 nitrogen and oxygen atoms in total. The Balaban J connectivity index is 1.55. The minimum absolute atomic E-state index is 0.0281. The molecule has 0 bridgehead atoms. The van der Waals surface area contributed by atoms with E-state index in [9.17, 15) is 24.5 Å². The molecular weight excluding hydrogens is 409 g/mol. The van der Waals surface area contributed by atoms with Gasteiger partial charge in [0.1, 0.15) is 24.1 Å². The molecule has 1 aliphatic rings. The number of fused-ring (bicyclic) bond motifs is 1. The number of nitrogen functional groups attached to an aromatic ring is 1. The Labute approximate surface area is 162 Å². The van der Waals surface area contributed by atoms with Gasteiger partial charge < -0.3 is 25.6 Å². The van der Waals surface area contributed by atoms with Crippen LogP contribution in [0.15, 0.2) is 23.5 Å². The number of anilines is 1. The largest absolute Gasteiger partial charge is 0.437 e. The molecule has 4 rings (SSSR count). The number of aliphatic hydroxyl groups is 2. The van der Waals surface area contributed by atoms with Crippen LogP contribution in [0.4, 0.5) is 5.95 Å². The van der Waals surface area contributed by atoms with E-state index in [1.807, 2.05) is 0 Å². The molecule has 0 amide bonds. The van der Waals surface area contributed by atoms with Crippen molar-refractivity contribution >= 4 is 24.9 Å². The summed E-state index contributed by atoms with van der Waals surface area (Å²) in [6.45, 7) is 1.03. The summed E-state index contributed by atoms with van der Waals surface area (Å²) >= 11 is 0. The third-order valence-corrected chi connectivity index (χ3v) is 5.99. The topological polar surface area (TPSA) is 204 Å². The number of aromatic nitrogens is 6. The number of nitrogens with two attached hydrogens (primary N) is 1. The molecular formula is C14H18N7O7P. The van der Waals surface area contributed by atoms with Gasteiger partial charge in [0.25, 0.3) is 5.56 Å². The highest BCUT2D eigenvalue weighted by atomic mass is 31.2. The molecule has 0 aromatic carbocycles. The van der Waals surface area contributed by atoms with E-state index in [1.165, 1.54) is 30.2 Å². The highest BCUT2D eigenvalue weighted by Crippen LogP contribution is 2.45. The highest BCUT2D eigenvalue weighted by Gasteiger charge is 2.45. The molecule has 15 heteroatoms. The van der Waals surface area contributed by atoms with E-state index in [4.69, 9.17) is 15.0 Å². The average Bonchev–Trinajstić information content (AvgIpc) is 3.33. The van der Waals surface area contributed by atoms with Crippen molar-refractivity contribution in [3.05, 3.63) is 34.9 Å². The van der Waals surface area contributed by atoms with Gasteiger partial charge >= 0.3 is 7.75 Å². The van der Waals surface area contributed by atoms with Crippen LogP contribution in [0.1, 0.15) is 12.1 Å². The van der Waals surface area contributed by atoms with Crippen molar-refractivity contribution in [2.75, 3.05) is 12.3 Å². The summed E-state index contributed by atoms with van der Waals surface area (Å²) in [5.41, 5.74) is 4.99. The lowest BCUT2D eigenvalue weighted by Gasteiger charge is -2.18. The lowest BCUT2D eigenvalue weighted by molar-refractivity contribution is -0.0487. The van der Waals surface area contributed by atoms with Gasteiger partial charge in [-0.1, -0.05) is 0 Å². The van der Waals surface area contributed by atoms with Gasteiger partial charge in [0.05, 0.1) is 12.9 Å². The number of hydrogen-bond donors (Lipinski definition) is 5. The number of nitrogens with one attached hydrogen (secondary N) is 1. The molecule has 29 heavy (non-hydrogen) atoms. The van der Waals surface area contributed by atoms with E-state index >= 15 is 0 Å². The van der Waals surface area contributed by atoms with E-state index in [2.05, 4.69) is 19.9 Å². The smallest absolute Gasteiger partial charge is 0.387 e. The fourth-order valence-electron chi connectivity index (χ4n) is 3.10. The standard InChI is InChI=1S/C14H18N7O7P/c1-6-16-2-3-21(6)29(25,26)27-4-7-9(22)10(23)13(28-7)20-5-17-8-11(20)18-14(15)19-12(8)24/h2-3,5,7,9-10,13,22-23H,4H2,1H3,(H,25,26)(H3,15,18,19,24)/t7-,9-,10-,13-/m0/s1. The predicted molar refractivity (Wildman–Crippen MR) is 96.6 cm³/mol. The second-order valence-electron chi connectivity index (χ2n) is 6.43. The first kappa shape index (κ1) is 19.7. The molecule has 1 aliphatic heterocycles. The molecule has 3 aromatic rings. The van der Waals surface area contributed by atoms with E-state index in [1.54, 1.807) is 0 Å². The fourth-order valence-corrected chi connectivity index (χ4v) is 4.21. The van der Waals surface area contributed by atoms with Crippen LogP contribution in [-0.2, 0) is 13.8 Å². The van der Waals surface area contributed by atoms with E-state index < -0.39 is 44.5 Å². The SMILES string of the molecule is Cc1nccn1P(=O)(O)OC[C@@H]1O[C@H](n2cnc3c(=O)[nH]c(N)nc32)[C@@H](O)[C@H]1O. The van der Waals surface area contributed by atoms with Gasteiger partial charge in [-0.15, -0.1) is 0 Å². The summed E-state index contributed by atoms with van der Waals surface area (Å²) in [5, 5.41) is 20.7. The lowest BCUT2D eigenvalue weighted by Crippen LogP contribution is -2.33.